The van der Waals surface area contributed by atoms with E-state index in [1.165, 1.54) is 11.3 Å². The second kappa shape index (κ2) is 10.2. The van der Waals surface area contributed by atoms with Crippen molar-refractivity contribution in [3.63, 3.8) is 0 Å². The van der Waals surface area contributed by atoms with Crippen molar-refractivity contribution in [1.82, 2.24) is 4.90 Å². The predicted octanol–water partition coefficient (Wildman–Crippen LogP) is 4.34. The minimum Gasteiger partial charge on any atom is -0.462 e. The lowest BCUT2D eigenvalue weighted by Crippen LogP contribution is -2.46. The number of carbonyl (C=O) groups excluding carboxylic acids is 2. The zero-order valence-electron chi connectivity index (χ0n) is 18.1. The number of hydrogen-bond donors (Lipinski definition) is 1. The summed E-state index contributed by atoms with van der Waals surface area (Å²) in [5, 5.41) is 5.37. The van der Waals surface area contributed by atoms with Gasteiger partial charge in [0.05, 0.1) is 18.8 Å². The Labute approximate surface area is 182 Å². The molecule has 1 fully saturated rings. The topological polar surface area (TPSA) is 67.9 Å². The fraction of sp³-hybridized carbons (Fsp3) is 0.478. The van der Waals surface area contributed by atoms with Crippen LogP contribution in [0.1, 0.15) is 43.1 Å². The molecule has 1 aliphatic rings. The summed E-state index contributed by atoms with van der Waals surface area (Å²) in [7, 11) is 0. The highest BCUT2D eigenvalue weighted by atomic mass is 32.1. The van der Waals surface area contributed by atoms with Crippen LogP contribution in [-0.2, 0) is 14.3 Å². The second-order valence-electron chi connectivity index (χ2n) is 7.76. The third kappa shape index (κ3) is 5.68. The molecule has 30 heavy (non-hydrogen) atoms. The van der Waals surface area contributed by atoms with Gasteiger partial charge < -0.3 is 14.8 Å². The first-order valence-corrected chi connectivity index (χ1v) is 11.3. The minimum absolute atomic E-state index is 0.107. The summed E-state index contributed by atoms with van der Waals surface area (Å²) in [4.78, 5) is 27.5. The van der Waals surface area contributed by atoms with Gasteiger partial charge in [-0.25, -0.2) is 4.79 Å². The van der Waals surface area contributed by atoms with Gasteiger partial charge in [0.2, 0.25) is 5.91 Å². The molecule has 2 atom stereocenters. The lowest BCUT2D eigenvalue weighted by atomic mass is 10.0. The standard InChI is InChI=1S/C23H30N2O4S/c1-5-28-23(27)21-19(18-8-6-15(2)7-9-18)14-30-22(21)24-20(26)10-11-25-12-16(3)29-17(4)13-25/h6-9,14,16-17H,5,10-13H2,1-4H3,(H,24,26)/t16-,17+. The Hall–Kier alpha value is -2.22. The van der Waals surface area contributed by atoms with Gasteiger partial charge in [-0.05, 0) is 33.3 Å². The van der Waals surface area contributed by atoms with Crippen LogP contribution in [-0.4, -0.2) is 55.2 Å². The number of nitrogens with zero attached hydrogens (tertiary/aromatic N) is 1. The molecular formula is C23H30N2O4S. The zero-order chi connectivity index (χ0) is 21.7. The SMILES string of the molecule is CCOC(=O)c1c(-c2ccc(C)cc2)csc1NC(=O)CCN1C[C@@H](C)O[C@@H](C)C1. The summed E-state index contributed by atoms with van der Waals surface area (Å²) in [6.07, 6.45) is 0.697. The molecule has 1 aliphatic heterocycles. The fourth-order valence-corrected chi connectivity index (χ4v) is 4.69. The van der Waals surface area contributed by atoms with Gasteiger partial charge in [-0.2, -0.15) is 0 Å². The van der Waals surface area contributed by atoms with Crippen LogP contribution in [0.4, 0.5) is 5.00 Å². The molecule has 1 aromatic heterocycles. The van der Waals surface area contributed by atoms with E-state index in [2.05, 4.69) is 10.2 Å². The summed E-state index contributed by atoms with van der Waals surface area (Å²) >= 11 is 1.35. The molecule has 1 N–H and O–H groups in total. The highest BCUT2D eigenvalue weighted by molar-refractivity contribution is 7.15. The average Bonchev–Trinajstić information content (AvgIpc) is 3.10. The maximum atomic E-state index is 12.7. The van der Waals surface area contributed by atoms with E-state index in [0.29, 0.717) is 23.5 Å². The van der Waals surface area contributed by atoms with E-state index >= 15 is 0 Å². The number of thiophene rings is 1. The van der Waals surface area contributed by atoms with Crippen LogP contribution >= 0.6 is 11.3 Å². The third-order valence-corrected chi connectivity index (χ3v) is 5.93. The Kier molecular flexibility index (Phi) is 7.64. The van der Waals surface area contributed by atoms with Crippen molar-refractivity contribution in [2.45, 2.75) is 46.3 Å². The number of benzene rings is 1. The molecule has 0 bridgehead atoms. The van der Waals surface area contributed by atoms with Crippen molar-refractivity contribution < 1.29 is 19.1 Å². The molecule has 1 aromatic carbocycles. The van der Waals surface area contributed by atoms with Crippen LogP contribution in [0.15, 0.2) is 29.6 Å². The van der Waals surface area contributed by atoms with Crippen molar-refractivity contribution in [3.8, 4) is 11.1 Å². The Morgan fingerprint density at radius 1 is 1.20 bits per heavy atom. The molecule has 1 saturated heterocycles. The number of nitrogens with one attached hydrogen (secondary N) is 1. The van der Waals surface area contributed by atoms with Gasteiger partial charge >= 0.3 is 5.97 Å². The first kappa shape index (κ1) is 22.5. The van der Waals surface area contributed by atoms with E-state index in [1.807, 2.05) is 50.4 Å². The molecule has 6 nitrogen and oxygen atoms in total. The normalized spacial score (nSPS) is 19.5. The van der Waals surface area contributed by atoms with Crippen molar-refractivity contribution in [2.24, 2.45) is 0 Å². The fourth-order valence-electron chi connectivity index (χ4n) is 3.72. The Balaban J connectivity index is 1.72. The molecule has 162 valence electrons. The van der Waals surface area contributed by atoms with E-state index in [1.54, 1.807) is 6.92 Å². The van der Waals surface area contributed by atoms with Crippen LogP contribution in [0, 0.1) is 6.92 Å². The number of carbonyl (C=O) groups is 2. The van der Waals surface area contributed by atoms with Crippen molar-refractivity contribution in [1.29, 1.82) is 0 Å². The molecule has 0 radical (unpaired) electrons. The number of morpholine rings is 1. The van der Waals surface area contributed by atoms with Crippen LogP contribution in [0.2, 0.25) is 0 Å². The first-order chi connectivity index (χ1) is 14.4. The Morgan fingerprint density at radius 2 is 1.87 bits per heavy atom. The number of rotatable bonds is 7. The Morgan fingerprint density at radius 3 is 2.50 bits per heavy atom. The maximum absolute atomic E-state index is 12.7. The molecule has 0 spiro atoms. The second-order valence-corrected chi connectivity index (χ2v) is 8.63. The number of amides is 1. The predicted molar refractivity (Wildman–Crippen MR) is 120 cm³/mol. The van der Waals surface area contributed by atoms with Gasteiger partial charge in [-0.3, -0.25) is 9.69 Å². The number of anilines is 1. The highest BCUT2D eigenvalue weighted by Gasteiger charge is 2.25. The van der Waals surface area contributed by atoms with Crippen molar-refractivity contribution in [3.05, 3.63) is 40.8 Å². The van der Waals surface area contributed by atoms with E-state index in [4.69, 9.17) is 9.47 Å². The molecular weight excluding hydrogens is 400 g/mol. The van der Waals surface area contributed by atoms with E-state index < -0.39 is 5.97 Å². The smallest absolute Gasteiger partial charge is 0.341 e. The van der Waals surface area contributed by atoms with E-state index in [9.17, 15) is 9.59 Å². The number of esters is 1. The molecule has 2 aromatic rings. The lowest BCUT2D eigenvalue weighted by molar-refractivity contribution is -0.117. The van der Waals surface area contributed by atoms with Gasteiger partial charge in [0.1, 0.15) is 10.6 Å². The van der Waals surface area contributed by atoms with Crippen LogP contribution in [0.5, 0.6) is 0 Å². The van der Waals surface area contributed by atoms with Crippen LogP contribution in [0.25, 0.3) is 11.1 Å². The molecule has 1 amide bonds. The van der Waals surface area contributed by atoms with Gasteiger partial charge in [-0.1, -0.05) is 29.8 Å². The monoisotopic (exact) mass is 430 g/mol. The average molecular weight is 431 g/mol. The molecule has 0 saturated carbocycles. The zero-order valence-corrected chi connectivity index (χ0v) is 18.9. The maximum Gasteiger partial charge on any atom is 0.341 e. The molecule has 0 aliphatic carbocycles. The van der Waals surface area contributed by atoms with Crippen molar-refractivity contribution in [2.75, 3.05) is 31.6 Å². The van der Waals surface area contributed by atoms with Crippen LogP contribution < -0.4 is 5.32 Å². The first-order valence-electron chi connectivity index (χ1n) is 10.4. The number of hydrogen-bond acceptors (Lipinski definition) is 6. The largest absolute Gasteiger partial charge is 0.462 e. The highest BCUT2D eigenvalue weighted by Crippen LogP contribution is 2.36. The minimum atomic E-state index is -0.416. The molecule has 3 rings (SSSR count). The quantitative estimate of drug-likeness (QED) is 0.662. The summed E-state index contributed by atoms with van der Waals surface area (Å²) < 4.78 is 11.0. The number of ether oxygens (including phenoxy) is 2. The molecule has 2 heterocycles. The summed E-state index contributed by atoms with van der Waals surface area (Å²) in [6, 6.07) is 7.97. The molecule has 7 heteroatoms. The summed E-state index contributed by atoms with van der Waals surface area (Å²) in [6.45, 7) is 10.5. The van der Waals surface area contributed by atoms with Gasteiger partial charge in [-0.15, -0.1) is 11.3 Å². The van der Waals surface area contributed by atoms with Crippen molar-refractivity contribution >= 4 is 28.2 Å². The summed E-state index contributed by atoms with van der Waals surface area (Å²) in [5.41, 5.74) is 3.28. The number of aryl methyl sites for hydroxylation is 1. The van der Waals surface area contributed by atoms with Gasteiger partial charge in [0, 0.05) is 37.0 Å². The Bertz CT molecular complexity index is 868. The van der Waals surface area contributed by atoms with Gasteiger partial charge in [0.15, 0.2) is 0 Å². The van der Waals surface area contributed by atoms with E-state index in [-0.39, 0.29) is 24.7 Å². The lowest BCUT2D eigenvalue weighted by Gasteiger charge is -2.35. The van der Waals surface area contributed by atoms with Crippen LogP contribution in [0.3, 0.4) is 0 Å². The van der Waals surface area contributed by atoms with E-state index in [0.717, 1.165) is 29.8 Å². The third-order valence-electron chi connectivity index (χ3n) is 5.04. The van der Waals surface area contributed by atoms with Gasteiger partial charge in [0.25, 0.3) is 0 Å². The molecule has 0 unspecified atom stereocenters. The summed E-state index contributed by atoms with van der Waals surface area (Å²) in [5.74, 6) is -0.523.